The van der Waals surface area contributed by atoms with Gasteiger partial charge in [0.05, 0.1) is 12.8 Å². The van der Waals surface area contributed by atoms with Crippen LogP contribution in [0.1, 0.15) is 20.3 Å². The van der Waals surface area contributed by atoms with Gasteiger partial charge >= 0.3 is 0 Å². The van der Waals surface area contributed by atoms with Crippen LogP contribution in [-0.2, 0) is 9.59 Å². The van der Waals surface area contributed by atoms with E-state index in [9.17, 15) is 14.0 Å². The minimum Gasteiger partial charge on any atom is -0.497 e. The van der Waals surface area contributed by atoms with Crippen LogP contribution in [0.5, 0.6) is 5.75 Å². The zero-order valence-corrected chi connectivity index (χ0v) is 11.7. The Kier molecular flexibility index (Phi) is 3.65. The van der Waals surface area contributed by atoms with Crippen molar-refractivity contribution in [2.45, 2.75) is 25.8 Å². The van der Waals surface area contributed by atoms with Crippen LogP contribution in [0.3, 0.4) is 0 Å². The molecule has 1 aromatic rings. The molecule has 0 aliphatic carbocycles. The van der Waals surface area contributed by atoms with Gasteiger partial charge in [0.15, 0.2) is 0 Å². The van der Waals surface area contributed by atoms with Crippen LogP contribution < -0.4 is 15.0 Å². The highest BCUT2D eigenvalue weighted by Crippen LogP contribution is 2.29. The first-order chi connectivity index (χ1) is 9.41. The standard InChI is InChI=1S/C14H17FN2O3/c1-4-14(2)13(19)17(8-12(18)16-14)11-7-9(20-3)5-6-10(11)15/h5-7H,4,8H2,1-3H3,(H,16,18). The second-order valence-electron chi connectivity index (χ2n) is 4.94. The summed E-state index contributed by atoms with van der Waals surface area (Å²) in [5.74, 6) is -0.770. The van der Waals surface area contributed by atoms with E-state index in [0.717, 1.165) is 0 Å². The second-order valence-corrected chi connectivity index (χ2v) is 4.94. The first-order valence-corrected chi connectivity index (χ1v) is 6.38. The van der Waals surface area contributed by atoms with Crippen molar-refractivity contribution in [1.82, 2.24) is 5.32 Å². The Bertz CT molecular complexity index is 561. The largest absolute Gasteiger partial charge is 0.497 e. The third kappa shape index (κ3) is 2.33. The lowest BCUT2D eigenvalue weighted by Gasteiger charge is -2.39. The van der Waals surface area contributed by atoms with E-state index in [-0.39, 0.29) is 24.0 Å². The van der Waals surface area contributed by atoms with Crippen LogP contribution in [0.25, 0.3) is 0 Å². The van der Waals surface area contributed by atoms with Gasteiger partial charge in [-0.2, -0.15) is 0 Å². The van der Waals surface area contributed by atoms with Crippen LogP contribution in [-0.4, -0.2) is 31.0 Å². The Morgan fingerprint density at radius 3 is 2.75 bits per heavy atom. The van der Waals surface area contributed by atoms with Crippen molar-refractivity contribution in [3.63, 3.8) is 0 Å². The first kappa shape index (κ1) is 14.3. The molecule has 0 spiro atoms. The SMILES string of the molecule is CCC1(C)NC(=O)CN(c2cc(OC)ccc2F)C1=O. The normalized spacial score (nSPS) is 22.7. The molecule has 2 amide bonds. The third-order valence-electron chi connectivity index (χ3n) is 3.59. The number of nitrogens with zero attached hydrogens (tertiary/aromatic N) is 1. The molecule has 0 bridgehead atoms. The Balaban J connectivity index is 2.45. The molecule has 5 nitrogen and oxygen atoms in total. The molecule has 1 N–H and O–H groups in total. The number of anilines is 1. The smallest absolute Gasteiger partial charge is 0.253 e. The fourth-order valence-electron chi connectivity index (χ4n) is 2.17. The Morgan fingerprint density at radius 2 is 2.15 bits per heavy atom. The minimum absolute atomic E-state index is 0.0591. The molecular weight excluding hydrogens is 263 g/mol. The number of halogens is 1. The molecule has 0 aromatic heterocycles. The molecule has 108 valence electrons. The van der Waals surface area contributed by atoms with Crippen LogP contribution in [0.4, 0.5) is 10.1 Å². The van der Waals surface area contributed by atoms with Gasteiger partial charge in [0, 0.05) is 6.07 Å². The van der Waals surface area contributed by atoms with Crippen LogP contribution >= 0.6 is 0 Å². The summed E-state index contributed by atoms with van der Waals surface area (Å²) in [6.45, 7) is 3.24. The van der Waals surface area contributed by atoms with Gasteiger partial charge in [-0.05, 0) is 25.5 Å². The van der Waals surface area contributed by atoms with Crippen LogP contribution in [0, 0.1) is 5.82 Å². The average molecular weight is 280 g/mol. The number of hydrogen-bond acceptors (Lipinski definition) is 3. The Morgan fingerprint density at radius 1 is 1.45 bits per heavy atom. The summed E-state index contributed by atoms with van der Waals surface area (Å²) in [6.07, 6.45) is 0.430. The molecule has 1 aliphatic rings. The van der Waals surface area contributed by atoms with Crippen molar-refractivity contribution in [1.29, 1.82) is 0 Å². The van der Waals surface area contributed by atoms with E-state index in [1.54, 1.807) is 13.8 Å². The maximum absolute atomic E-state index is 14.0. The molecule has 0 radical (unpaired) electrons. The second kappa shape index (κ2) is 5.11. The van der Waals surface area contributed by atoms with E-state index >= 15 is 0 Å². The Hall–Kier alpha value is -2.11. The van der Waals surface area contributed by atoms with Crippen molar-refractivity contribution < 1.29 is 18.7 Å². The van der Waals surface area contributed by atoms with Gasteiger partial charge in [0.1, 0.15) is 23.7 Å². The summed E-state index contributed by atoms with van der Waals surface area (Å²) in [4.78, 5) is 25.4. The summed E-state index contributed by atoms with van der Waals surface area (Å²) < 4.78 is 19.0. The van der Waals surface area contributed by atoms with E-state index < -0.39 is 11.4 Å². The number of carbonyl (C=O) groups is 2. The van der Waals surface area contributed by atoms with E-state index in [2.05, 4.69) is 5.32 Å². The number of hydrogen-bond donors (Lipinski definition) is 1. The molecule has 0 saturated carbocycles. The number of benzene rings is 1. The molecule has 1 saturated heterocycles. The number of amides is 2. The number of piperazine rings is 1. The lowest BCUT2D eigenvalue weighted by molar-refractivity contribution is -0.135. The molecule has 1 aliphatic heterocycles. The first-order valence-electron chi connectivity index (χ1n) is 6.38. The molecule has 1 heterocycles. The fraction of sp³-hybridized carbons (Fsp3) is 0.429. The summed E-state index contributed by atoms with van der Waals surface area (Å²) in [6, 6.07) is 4.10. The summed E-state index contributed by atoms with van der Waals surface area (Å²) in [7, 11) is 1.46. The number of methoxy groups -OCH3 is 1. The van der Waals surface area contributed by atoms with Crippen molar-refractivity contribution in [2.24, 2.45) is 0 Å². The Labute approximate surface area is 116 Å². The fourth-order valence-corrected chi connectivity index (χ4v) is 2.17. The number of rotatable bonds is 3. The summed E-state index contributed by atoms with van der Waals surface area (Å²) in [5, 5.41) is 2.66. The monoisotopic (exact) mass is 280 g/mol. The molecule has 1 atom stereocenters. The van der Waals surface area contributed by atoms with E-state index in [1.807, 2.05) is 0 Å². The summed E-state index contributed by atoms with van der Waals surface area (Å²) >= 11 is 0. The van der Waals surface area contributed by atoms with Gasteiger partial charge in [-0.25, -0.2) is 4.39 Å². The van der Waals surface area contributed by atoms with Crippen molar-refractivity contribution >= 4 is 17.5 Å². The molecule has 2 rings (SSSR count). The predicted octanol–water partition coefficient (Wildman–Crippen LogP) is 1.47. The van der Waals surface area contributed by atoms with Gasteiger partial charge < -0.3 is 10.1 Å². The van der Waals surface area contributed by atoms with E-state index in [0.29, 0.717) is 12.2 Å². The van der Waals surface area contributed by atoms with Crippen LogP contribution in [0.2, 0.25) is 0 Å². The number of ether oxygens (including phenoxy) is 1. The zero-order valence-electron chi connectivity index (χ0n) is 11.7. The van der Waals surface area contributed by atoms with E-state index in [1.165, 1.54) is 30.2 Å². The van der Waals surface area contributed by atoms with Crippen molar-refractivity contribution in [3.05, 3.63) is 24.0 Å². The molecular formula is C14H17FN2O3. The lowest BCUT2D eigenvalue weighted by Crippen LogP contribution is -2.65. The van der Waals surface area contributed by atoms with Crippen molar-refractivity contribution in [2.75, 3.05) is 18.6 Å². The highest BCUT2D eigenvalue weighted by atomic mass is 19.1. The van der Waals surface area contributed by atoms with Gasteiger partial charge in [0.2, 0.25) is 5.91 Å². The maximum atomic E-state index is 14.0. The highest BCUT2D eigenvalue weighted by molar-refractivity contribution is 6.09. The lowest BCUT2D eigenvalue weighted by atomic mass is 9.94. The maximum Gasteiger partial charge on any atom is 0.253 e. The number of carbonyl (C=O) groups excluding carboxylic acids is 2. The molecule has 1 aromatic carbocycles. The molecule has 1 unspecified atom stereocenters. The number of nitrogens with one attached hydrogen (secondary N) is 1. The zero-order chi connectivity index (χ0) is 14.9. The van der Waals surface area contributed by atoms with Gasteiger partial charge in [0.25, 0.3) is 5.91 Å². The van der Waals surface area contributed by atoms with Gasteiger partial charge in [-0.1, -0.05) is 6.92 Å². The van der Waals surface area contributed by atoms with Gasteiger partial charge in [-0.3, -0.25) is 14.5 Å². The summed E-state index contributed by atoms with van der Waals surface area (Å²) in [5.41, 5.74) is -0.950. The predicted molar refractivity (Wildman–Crippen MR) is 72.1 cm³/mol. The molecule has 1 fully saturated rings. The molecule has 20 heavy (non-hydrogen) atoms. The average Bonchev–Trinajstić information content (AvgIpc) is 2.43. The van der Waals surface area contributed by atoms with Gasteiger partial charge in [-0.15, -0.1) is 0 Å². The third-order valence-corrected chi connectivity index (χ3v) is 3.59. The van der Waals surface area contributed by atoms with Crippen molar-refractivity contribution in [3.8, 4) is 5.75 Å². The highest BCUT2D eigenvalue weighted by Gasteiger charge is 2.42. The minimum atomic E-state index is -1.01. The topological polar surface area (TPSA) is 58.6 Å². The van der Waals surface area contributed by atoms with Crippen LogP contribution in [0.15, 0.2) is 18.2 Å². The van der Waals surface area contributed by atoms with E-state index in [4.69, 9.17) is 4.74 Å². The quantitative estimate of drug-likeness (QED) is 0.912. The molecule has 6 heteroatoms.